The molecule has 0 aliphatic carbocycles. The first kappa shape index (κ1) is 19.6. The van der Waals surface area contributed by atoms with Crippen molar-refractivity contribution in [3.8, 4) is 0 Å². The number of aldehydes is 1. The van der Waals surface area contributed by atoms with E-state index in [4.69, 9.17) is 9.47 Å². The summed E-state index contributed by atoms with van der Waals surface area (Å²) in [5, 5.41) is 0. The number of esters is 2. The second kappa shape index (κ2) is 8.12. The number of halogens is 2. The summed E-state index contributed by atoms with van der Waals surface area (Å²) >= 11 is 6.37. The maximum atomic E-state index is 11.6. The molecule has 0 N–H and O–H groups in total. The van der Waals surface area contributed by atoms with Gasteiger partial charge in [0.1, 0.15) is 14.9 Å². The van der Waals surface area contributed by atoms with Crippen LogP contribution in [-0.2, 0) is 23.9 Å². The standard InChI is InChI=1S/C13H20Br2O5/c1-12(2,14)10(17)19-7-9(5-6-16)8-20-11(18)13(3,4)15/h6,9H,5,7-8H2,1-4H3. The van der Waals surface area contributed by atoms with Crippen molar-refractivity contribution >= 4 is 50.1 Å². The summed E-state index contributed by atoms with van der Waals surface area (Å²) < 4.78 is 8.61. The minimum atomic E-state index is -0.784. The average Bonchev–Trinajstić information content (AvgIpc) is 2.29. The molecule has 0 aromatic rings. The van der Waals surface area contributed by atoms with Crippen LogP contribution >= 0.6 is 31.9 Å². The summed E-state index contributed by atoms with van der Waals surface area (Å²) in [5.41, 5.74) is 0. The fourth-order valence-electron chi connectivity index (χ4n) is 1.05. The smallest absolute Gasteiger partial charge is 0.322 e. The molecule has 0 saturated heterocycles. The van der Waals surface area contributed by atoms with E-state index in [1.165, 1.54) is 0 Å². The number of carbonyl (C=O) groups excluding carboxylic acids is 3. The quantitative estimate of drug-likeness (QED) is 0.346. The molecular weight excluding hydrogens is 396 g/mol. The van der Waals surface area contributed by atoms with Crippen molar-refractivity contribution in [2.24, 2.45) is 5.92 Å². The molecule has 0 aromatic carbocycles. The highest BCUT2D eigenvalue weighted by Gasteiger charge is 2.28. The topological polar surface area (TPSA) is 69.7 Å². The maximum absolute atomic E-state index is 11.6. The van der Waals surface area contributed by atoms with E-state index in [-0.39, 0.29) is 25.6 Å². The van der Waals surface area contributed by atoms with Gasteiger partial charge in [0, 0.05) is 12.3 Å². The molecule has 0 aliphatic rings. The lowest BCUT2D eigenvalue weighted by Gasteiger charge is -2.20. The van der Waals surface area contributed by atoms with Crippen LogP contribution in [0.5, 0.6) is 0 Å². The Morgan fingerprint density at radius 1 is 1.00 bits per heavy atom. The monoisotopic (exact) mass is 414 g/mol. The van der Waals surface area contributed by atoms with Gasteiger partial charge in [-0.3, -0.25) is 9.59 Å². The normalized spacial score (nSPS) is 12.2. The van der Waals surface area contributed by atoms with E-state index >= 15 is 0 Å². The Morgan fingerprint density at radius 2 is 1.35 bits per heavy atom. The lowest BCUT2D eigenvalue weighted by atomic mass is 10.1. The van der Waals surface area contributed by atoms with Crippen LogP contribution < -0.4 is 0 Å². The highest BCUT2D eigenvalue weighted by atomic mass is 79.9. The second-order valence-electron chi connectivity index (χ2n) is 5.41. The Bertz CT molecular complexity index is 325. The van der Waals surface area contributed by atoms with Crippen molar-refractivity contribution in [1.82, 2.24) is 0 Å². The van der Waals surface area contributed by atoms with Crippen molar-refractivity contribution in [2.75, 3.05) is 13.2 Å². The van der Waals surface area contributed by atoms with Gasteiger partial charge in [0.25, 0.3) is 0 Å². The van der Waals surface area contributed by atoms with Gasteiger partial charge < -0.3 is 14.3 Å². The maximum Gasteiger partial charge on any atom is 0.322 e. The Balaban J connectivity index is 4.35. The van der Waals surface area contributed by atoms with Crippen LogP contribution in [-0.4, -0.2) is 40.1 Å². The first-order valence-corrected chi connectivity index (χ1v) is 7.73. The molecule has 0 unspecified atom stereocenters. The van der Waals surface area contributed by atoms with E-state index in [9.17, 15) is 14.4 Å². The van der Waals surface area contributed by atoms with E-state index in [0.717, 1.165) is 0 Å². The first-order chi connectivity index (χ1) is 8.98. The van der Waals surface area contributed by atoms with E-state index in [2.05, 4.69) is 31.9 Å². The highest BCUT2D eigenvalue weighted by Crippen LogP contribution is 2.20. The lowest BCUT2D eigenvalue weighted by Crippen LogP contribution is -2.32. The molecule has 0 amide bonds. The van der Waals surface area contributed by atoms with Gasteiger partial charge in [0.2, 0.25) is 0 Å². The zero-order chi connectivity index (χ0) is 16.0. The molecular formula is C13H20Br2O5. The number of hydrogen-bond donors (Lipinski definition) is 0. The molecule has 0 fully saturated rings. The largest absolute Gasteiger partial charge is 0.464 e. The van der Waals surface area contributed by atoms with Crippen LogP contribution in [0.15, 0.2) is 0 Å². The van der Waals surface area contributed by atoms with Crippen molar-refractivity contribution in [3.63, 3.8) is 0 Å². The molecule has 20 heavy (non-hydrogen) atoms. The zero-order valence-corrected chi connectivity index (χ0v) is 15.2. The molecule has 0 aromatic heterocycles. The third kappa shape index (κ3) is 7.99. The number of alkyl halides is 2. The predicted octanol–water partition coefficient (Wildman–Crippen LogP) is 2.63. The van der Waals surface area contributed by atoms with Crippen molar-refractivity contribution in [3.05, 3.63) is 0 Å². The van der Waals surface area contributed by atoms with Crippen molar-refractivity contribution < 1.29 is 23.9 Å². The molecule has 7 heteroatoms. The number of ether oxygens (including phenoxy) is 2. The third-order valence-corrected chi connectivity index (χ3v) is 2.95. The van der Waals surface area contributed by atoms with Gasteiger partial charge in [-0.2, -0.15) is 0 Å². The molecule has 5 nitrogen and oxygen atoms in total. The molecule has 0 rings (SSSR count). The van der Waals surface area contributed by atoms with E-state index in [0.29, 0.717) is 6.29 Å². The number of carbonyl (C=O) groups is 3. The van der Waals surface area contributed by atoms with Crippen LogP contribution in [0.25, 0.3) is 0 Å². The summed E-state index contributed by atoms with van der Waals surface area (Å²) in [6, 6.07) is 0. The van der Waals surface area contributed by atoms with Gasteiger partial charge in [-0.15, -0.1) is 0 Å². The summed E-state index contributed by atoms with van der Waals surface area (Å²) in [6.45, 7) is 6.72. The summed E-state index contributed by atoms with van der Waals surface area (Å²) in [6.07, 6.45) is 0.872. The predicted molar refractivity (Wildman–Crippen MR) is 82.1 cm³/mol. The van der Waals surface area contributed by atoms with Gasteiger partial charge in [0.05, 0.1) is 13.2 Å². The van der Waals surface area contributed by atoms with Gasteiger partial charge >= 0.3 is 11.9 Å². The minimum absolute atomic E-state index is 0.0304. The molecule has 0 heterocycles. The van der Waals surface area contributed by atoms with E-state index in [1.807, 2.05) is 0 Å². The van der Waals surface area contributed by atoms with Gasteiger partial charge in [0.15, 0.2) is 0 Å². The van der Waals surface area contributed by atoms with Crippen LogP contribution in [0.2, 0.25) is 0 Å². The van der Waals surface area contributed by atoms with Crippen molar-refractivity contribution in [1.29, 1.82) is 0 Å². The van der Waals surface area contributed by atoms with Gasteiger partial charge in [-0.25, -0.2) is 0 Å². The first-order valence-electron chi connectivity index (χ1n) is 6.14. The molecule has 0 bridgehead atoms. The van der Waals surface area contributed by atoms with Crippen LogP contribution in [0, 0.1) is 5.92 Å². The molecule has 0 radical (unpaired) electrons. The van der Waals surface area contributed by atoms with E-state index < -0.39 is 20.6 Å². The summed E-state index contributed by atoms with van der Waals surface area (Å²) in [5.74, 6) is -1.20. The lowest BCUT2D eigenvalue weighted by molar-refractivity contribution is -0.151. The third-order valence-electron chi connectivity index (χ3n) is 2.30. The molecule has 0 atom stereocenters. The Hall–Kier alpha value is -0.430. The fourth-order valence-corrected chi connectivity index (χ4v) is 1.28. The summed E-state index contributed by atoms with van der Waals surface area (Å²) in [7, 11) is 0. The van der Waals surface area contributed by atoms with E-state index in [1.54, 1.807) is 27.7 Å². The fraction of sp³-hybridized carbons (Fsp3) is 0.769. The molecule has 0 spiro atoms. The Kier molecular flexibility index (Phi) is 7.95. The highest BCUT2D eigenvalue weighted by molar-refractivity contribution is 9.10. The second-order valence-corrected chi connectivity index (χ2v) is 9.38. The van der Waals surface area contributed by atoms with Crippen LogP contribution in [0.4, 0.5) is 0 Å². The van der Waals surface area contributed by atoms with Crippen molar-refractivity contribution in [2.45, 2.75) is 42.8 Å². The Labute approximate surface area is 136 Å². The molecule has 0 aliphatic heterocycles. The number of hydrogen-bond acceptors (Lipinski definition) is 5. The average molecular weight is 416 g/mol. The molecule has 116 valence electrons. The summed E-state index contributed by atoms with van der Waals surface area (Å²) in [4.78, 5) is 33.8. The molecule has 0 saturated carbocycles. The SMILES string of the molecule is CC(C)(Br)C(=O)OCC(CC=O)COC(=O)C(C)(C)Br. The van der Waals surface area contributed by atoms with Gasteiger partial charge in [-0.1, -0.05) is 31.9 Å². The van der Waals surface area contributed by atoms with Gasteiger partial charge in [-0.05, 0) is 27.7 Å². The van der Waals surface area contributed by atoms with Crippen LogP contribution in [0.1, 0.15) is 34.1 Å². The van der Waals surface area contributed by atoms with Crippen LogP contribution in [0.3, 0.4) is 0 Å². The minimum Gasteiger partial charge on any atom is -0.464 e. The Morgan fingerprint density at radius 3 is 1.60 bits per heavy atom. The number of rotatable bonds is 8. The zero-order valence-electron chi connectivity index (χ0n) is 12.1.